The first kappa shape index (κ1) is 24.9. The molecule has 0 unspecified atom stereocenters. The third-order valence-electron chi connectivity index (χ3n) is 4.50. The quantitative estimate of drug-likeness (QED) is 0.216. The van der Waals surface area contributed by atoms with Gasteiger partial charge < -0.3 is 9.80 Å². The van der Waals surface area contributed by atoms with Crippen LogP contribution in [0.25, 0.3) is 0 Å². The molecule has 1 aromatic heterocycles. The zero-order valence-electron chi connectivity index (χ0n) is 17.7. The van der Waals surface area contributed by atoms with Crippen LogP contribution in [0.2, 0.25) is 5.28 Å². The Bertz CT molecular complexity index is 553. The van der Waals surface area contributed by atoms with Crippen LogP contribution in [0.4, 0.5) is 11.9 Å². The van der Waals surface area contributed by atoms with Gasteiger partial charge in [0, 0.05) is 26.2 Å². The lowest BCUT2D eigenvalue weighted by molar-refractivity contribution is 0.664. The molecular weight excluding hydrogens is 382 g/mol. The van der Waals surface area contributed by atoms with Crippen molar-refractivity contribution >= 4 is 23.5 Å². The van der Waals surface area contributed by atoms with E-state index in [0.29, 0.717) is 11.9 Å². The van der Waals surface area contributed by atoms with Gasteiger partial charge in [0.2, 0.25) is 17.2 Å². The molecule has 0 amide bonds. The molecule has 0 radical (unpaired) electrons. The average Bonchev–Trinajstić information content (AvgIpc) is 2.71. The second-order valence-corrected chi connectivity index (χ2v) is 7.24. The number of unbranched alkanes of at least 4 members (excludes halogenated alkanes) is 4. The predicted octanol–water partition coefficient (Wildman–Crippen LogP) is 6.00. The van der Waals surface area contributed by atoms with Crippen molar-refractivity contribution < 1.29 is 0 Å². The van der Waals surface area contributed by atoms with E-state index in [1.807, 2.05) is 24.3 Å². The summed E-state index contributed by atoms with van der Waals surface area (Å²) in [4.78, 5) is 18.0. The van der Waals surface area contributed by atoms with Crippen LogP contribution >= 0.6 is 11.6 Å². The second kappa shape index (κ2) is 15.7. The third-order valence-corrected chi connectivity index (χ3v) is 4.66. The lowest BCUT2D eigenvalue weighted by Gasteiger charge is -2.26. The van der Waals surface area contributed by atoms with Gasteiger partial charge in [0.05, 0.1) is 0 Å². The molecule has 0 saturated heterocycles. The van der Waals surface area contributed by atoms with Crippen molar-refractivity contribution in [2.24, 2.45) is 0 Å². The molecule has 0 bridgehead atoms. The first-order chi connectivity index (χ1) is 14.2. The predicted molar refractivity (Wildman–Crippen MR) is 127 cm³/mol. The maximum atomic E-state index is 6.30. The molecule has 0 fully saturated rings. The van der Waals surface area contributed by atoms with Gasteiger partial charge in [0.1, 0.15) is 0 Å². The van der Waals surface area contributed by atoms with Crippen LogP contribution in [-0.4, -0.2) is 41.1 Å². The molecule has 0 atom stereocenters. The number of hydrogen-bond donors (Lipinski definition) is 0. The van der Waals surface area contributed by atoms with E-state index in [-0.39, 0.29) is 5.28 Å². The van der Waals surface area contributed by atoms with Gasteiger partial charge in [-0.3, -0.25) is 0 Å². The second-order valence-electron chi connectivity index (χ2n) is 6.90. The molecule has 29 heavy (non-hydrogen) atoms. The van der Waals surface area contributed by atoms with Gasteiger partial charge >= 0.3 is 0 Å². The van der Waals surface area contributed by atoms with Crippen LogP contribution in [0.1, 0.15) is 51.4 Å². The molecule has 0 aliphatic carbocycles. The Labute approximate surface area is 181 Å². The number of allylic oxidation sites excluding steroid dienone is 4. The molecule has 0 saturated carbocycles. The fourth-order valence-electron chi connectivity index (χ4n) is 2.94. The Balaban J connectivity index is 3.04. The Kier molecular flexibility index (Phi) is 13.5. The van der Waals surface area contributed by atoms with Crippen LogP contribution in [0.3, 0.4) is 0 Å². The summed E-state index contributed by atoms with van der Waals surface area (Å²) in [5, 5.41) is 0.236. The maximum absolute atomic E-state index is 6.30. The largest absolute Gasteiger partial charge is 0.341 e. The molecule has 0 aromatic carbocycles. The van der Waals surface area contributed by atoms with Gasteiger partial charge in [-0.25, -0.2) is 0 Å². The summed E-state index contributed by atoms with van der Waals surface area (Å²) in [6, 6.07) is 0. The summed E-state index contributed by atoms with van der Waals surface area (Å²) in [5.41, 5.74) is 0. The van der Waals surface area contributed by atoms with Crippen molar-refractivity contribution in [1.29, 1.82) is 0 Å². The minimum Gasteiger partial charge on any atom is -0.341 e. The number of nitrogens with zero attached hydrogens (tertiary/aromatic N) is 5. The SMILES string of the molecule is C=CCCCN(CCCC=C)c1nc(Cl)nc(N(CCCC=C)CCCC=C)n1. The van der Waals surface area contributed by atoms with Crippen molar-refractivity contribution in [3.05, 3.63) is 55.9 Å². The van der Waals surface area contributed by atoms with Crippen molar-refractivity contribution in [3.8, 4) is 0 Å². The van der Waals surface area contributed by atoms with Crippen LogP contribution in [0.5, 0.6) is 0 Å². The molecule has 5 nitrogen and oxygen atoms in total. The number of aromatic nitrogens is 3. The lowest BCUT2D eigenvalue weighted by Crippen LogP contribution is -2.31. The van der Waals surface area contributed by atoms with Gasteiger partial charge in [0.25, 0.3) is 0 Å². The highest BCUT2D eigenvalue weighted by molar-refractivity contribution is 6.28. The summed E-state index contributed by atoms with van der Waals surface area (Å²) < 4.78 is 0. The normalized spacial score (nSPS) is 10.4. The average molecular weight is 418 g/mol. The molecule has 6 heteroatoms. The van der Waals surface area contributed by atoms with Gasteiger partial charge in [-0.2, -0.15) is 15.0 Å². The number of hydrogen-bond acceptors (Lipinski definition) is 5. The van der Waals surface area contributed by atoms with Crippen LogP contribution < -0.4 is 9.80 Å². The van der Waals surface area contributed by atoms with Crippen molar-refractivity contribution in [1.82, 2.24) is 15.0 Å². The number of rotatable bonds is 18. The highest BCUT2D eigenvalue weighted by Gasteiger charge is 2.16. The number of halogens is 1. The van der Waals surface area contributed by atoms with Crippen molar-refractivity contribution in [2.75, 3.05) is 36.0 Å². The summed E-state index contributed by atoms with van der Waals surface area (Å²) in [6.45, 7) is 18.7. The Morgan fingerprint density at radius 1 is 0.586 bits per heavy atom. The van der Waals surface area contributed by atoms with Crippen LogP contribution in [0.15, 0.2) is 50.6 Å². The zero-order chi connectivity index (χ0) is 21.3. The lowest BCUT2D eigenvalue weighted by atomic mass is 10.2. The smallest absolute Gasteiger partial charge is 0.231 e. The van der Waals surface area contributed by atoms with E-state index in [1.165, 1.54) is 0 Å². The first-order valence-corrected chi connectivity index (χ1v) is 10.9. The van der Waals surface area contributed by atoms with Gasteiger partial charge in [-0.1, -0.05) is 24.3 Å². The number of anilines is 2. The molecular formula is C23H36ClN5. The Morgan fingerprint density at radius 3 is 1.17 bits per heavy atom. The van der Waals surface area contributed by atoms with E-state index in [2.05, 4.69) is 46.1 Å². The first-order valence-electron chi connectivity index (χ1n) is 10.5. The van der Waals surface area contributed by atoms with Crippen molar-refractivity contribution in [3.63, 3.8) is 0 Å². The molecule has 1 aromatic rings. The monoisotopic (exact) mass is 417 g/mol. The molecule has 0 aliphatic rings. The van der Waals surface area contributed by atoms with E-state index >= 15 is 0 Å². The molecule has 0 aliphatic heterocycles. The highest BCUT2D eigenvalue weighted by Crippen LogP contribution is 2.19. The molecule has 0 N–H and O–H groups in total. The minimum absolute atomic E-state index is 0.236. The third kappa shape index (κ3) is 10.3. The van der Waals surface area contributed by atoms with Gasteiger partial charge in [-0.05, 0) is 63.0 Å². The Hall–Kier alpha value is -2.14. The van der Waals surface area contributed by atoms with E-state index < -0.39 is 0 Å². The molecule has 160 valence electrons. The van der Waals surface area contributed by atoms with Crippen molar-refractivity contribution in [2.45, 2.75) is 51.4 Å². The maximum Gasteiger partial charge on any atom is 0.231 e. The summed E-state index contributed by atoms with van der Waals surface area (Å²) >= 11 is 6.30. The van der Waals surface area contributed by atoms with E-state index in [0.717, 1.165) is 77.5 Å². The molecule has 1 rings (SSSR count). The van der Waals surface area contributed by atoms with Gasteiger partial charge in [0.15, 0.2) is 0 Å². The van der Waals surface area contributed by atoms with E-state index in [1.54, 1.807) is 0 Å². The summed E-state index contributed by atoms with van der Waals surface area (Å²) in [7, 11) is 0. The topological polar surface area (TPSA) is 45.2 Å². The summed E-state index contributed by atoms with van der Waals surface area (Å²) in [5.74, 6) is 1.29. The fraction of sp³-hybridized carbons (Fsp3) is 0.522. The molecule has 1 heterocycles. The zero-order valence-corrected chi connectivity index (χ0v) is 18.5. The Morgan fingerprint density at radius 2 is 0.897 bits per heavy atom. The summed E-state index contributed by atoms with van der Waals surface area (Å²) in [6.07, 6.45) is 15.6. The van der Waals surface area contributed by atoms with E-state index in [4.69, 9.17) is 16.6 Å². The van der Waals surface area contributed by atoms with Gasteiger partial charge in [-0.15, -0.1) is 26.3 Å². The minimum atomic E-state index is 0.236. The van der Waals surface area contributed by atoms with Crippen LogP contribution in [-0.2, 0) is 0 Å². The highest BCUT2D eigenvalue weighted by atomic mass is 35.5. The fourth-order valence-corrected chi connectivity index (χ4v) is 3.09. The van der Waals surface area contributed by atoms with Crippen LogP contribution in [0, 0.1) is 0 Å². The molecule has 0 spiro atoms. The van der Waals surface area contributed by atoms with E-state index in [9.17, 15) is 0 Å². The standard InChI is InChI=1S/C23H36ClN5/c1-5-9-13-17-28(18-14-10-6-2)22-25-21(24)26-23(27-22)29(19-15-11-7-3)20-16-12-8-4/h5-8H,1-4,9-20H2.